The number of carbonyl (C=O) groups is 1. The molecule has 1 heterocycles. The highest BCUT2D eigenvalue weighted by Crippen LogP contribution is 2.16. The fourth-order valence-electron chi connectivity index (χ4n) is 1.84. The second-order valence-electron chi connectivity index (χ2n) is 5.78. The maximum Gasteiger partial charge on any atom is 0.407 e. The molecular weight excluding hydrogens is 266 g/mol. The third-order valence-electron chi connectivity index (χ3n) is 2.73. The van der Waals surface area contributed by atoms with E-state index in [-0.39, 0.29) is 0 Å². The Balaban J connectivity index is 1.83. The molecule has 0 fully saturated rings. The van der Waals surface area contributed by atoms with Gasteiger partial charge in [0.15, 0.2) is 0 Å². The molecule has 2 aromatic rings. The van der Waals surface area contributed by atoms with Crippen LogP contribution in [0.5, 0.6) is 0 Å². The highest BCUT2D eigenvalue weighted by atomic mass is 16.6. The molecule has 5 nitrogen and oxygen atoms in total. The van der Waals surface area contributed by atoms with E-state index in [0.717, 1.165) is 17.1 Å². The van der Waals surface area contributed by atoms with E-state index in [1.165, 1.54) is 0 Å². The Hall–Kier alpha value is -2.30. The number of nitrogens with zero attached hydrogens (tertiary/aromatic N) is 1. The van der Waals surface area contributed by atoms with Crippen molar-refractivity contribution in [1.29, 1.82) is 0 Å². The van der Waals surface area contributed by atoms with Crippen molar-refractivity contribution in [1.82, 2.24) is 15.3 Å². The lowest BCUT2D eigenvalue weighted by Gasteiger charge is -2.19. The number of hydrogen-bond acceptors (Lipinski definition) is 3. The Labute approximate surface area is 124 Å². The molecule has 112 valence electrons. The molecular formula is C16H21N3O2. The van der Waals surface area contributed by atoms with Gasteiger partial charge in [-0.3, -0.25) is 0 Å². The topological polar surface area (TPSA) is 67.0 Å². The molecule has 1 aromatic heterocycles. The number of aromatic nitrogens is 2. The number of imidazole rings is 1. The minimum absolute atomic E-state index is 0.405. The van der Waals surface area contributed by atoms with Crippen LogP contribution >= 0.6 is 0 Å². The van der Waals surface area contributed by atoms with E-state index >= 15 is 0 Å². The van der Waals surface area contributed by atoms with E-state index in [4.69, 9.17) is 4.74 Å². The zero-order chi connectivity index (χ0) is 15.3. The summed E-state index contributed by atoms with van der Waals surface area (Å²) >= 11 is 0. The molecule has 0 spiro atoms. The van der Waals surface area contributed by atoms with Crippen molar-refractivity contribution in [3.63, 3.8) is 0 Å². The minimum Gasteiger partial charge on any atom is -0.444 e. The Morgan fingerprint density at radius 3 is 2.67 bits per heavy atom. The summed E-state index contributed by atoms with van der Waals surface area (Å²) in [6, 6.07) is 9.96. The predicted molar refractivity (Wildman–Crippen MR) is 82.0 cm³/mol. The molecule has 0 bridgehead atoms. The molecule has 0 radical (unpaired) electrons. The van der Waals surface area contributed by atoms with Gasteiger partial charge in [0.25, 0.3) is 0 Å². The summed E-state index contributed by atoms with van der Waals surface area (Å²) in [6.07, 6.45) is 2.10. The largest absolute Gasteiger partial charge is 0.444 e. The quantitative estimate of drug-likeness (QED) is 0.907. The number of ether oxygens (including phenoxy) is 1. The molecule has 0 aliphatic rings. The van der Waals surface area contributed by atoms with Crippen molar-refractivity contribution < 1.29 is 9.53 Å². The number of nitrogens with one attached hydrogen (secondary N) is 2. The first kappa shape index (κ1) is 15.1. The number of alkyl carbamates (subject to hydrolysis) is 1. The average molecular weight is 287 g/mol. The highest BCUT2D eigenvalue weighted by Gasteiger charge is 2.15. The third kappa shape index (κ3) is 4.95. The van der Waals surface area contributed by atoms with Crippen LogP contribution in [0.15, 0.2) is 36.5 Å². The van der Waals surface area contributed by atoms with Gasteiger partial charge in [0.1, 0.15) is 11.4 Å². The molecule has 0 saturated heterocycles. The van der Waals surface area contributed by atoms with Crippen LogP contribution in [-0.2, 0) is 11.2 Å². The van der Waals surface area contributed by atoms with Gasteiger partial charge in [-0.2, -0.15) is 0 Å². The second-order valence-corrected chi connectivity index (χ2v) is 5.78. The smallest absolute Gasteiger partial charge is 0.407 e. The van der Waals surface area contributed by atoms with Gasteiger partial charge >= 0.3 is 6.09 Å². The zero-order valence-corrected chi connectivity index (χ0v) is 12.6. The molecule has 2 N–H and O–H groups in total. The lowest BCUT2D eigenvalue weighted by atomic mass is 10.2. The van der Waals surface area contributed by atoms with Gasteiger partial charge in [-0.1, -0.05) is 30.3 Å². The standard InChI is InChI=1S/C16H21N3O2/c1-16(2,3)21-15(20)17-10-9-14-18-11-13(19-14)12-7-5-4-6-8-12/h4-8,11H,9-10H2,1-3H3,(H,17,20)(H,18,19). The van der Waals surface area contributed by atoms with Crippen molar-refractivity contribution in [3.8, 4) is 11.3 Å². The van der Waals surface area contributed by atoms with E-state index in [2.05, 4.69) is 15.3 Å². The Morgan fingerprint density at radius 2 is 2.00 bits per heavy atom. The summed E-state index contributed by atoms with van der Waals surface area (Å²) in [7, 11) is 0. The molecule has 2 rings (SSSR count). The average Bonchev–Trinajstić information content (AvgIpc) is 2.86. The number of carbonyl (C=O) groups excluding carboxylic acids is 1. The number of hydrogen-bond donors (Lipinski definition) is 2. The van der Waals surface area contributed by atoms with Crippen molar-refractivity contribution in [2.24, 2.45) is 0 Å². The van der Waals surface area contributed by atoms with Crippen LogP contribution in [0.2, 0.25) is 0 Å². The van der Waals surface area contributed by atoms with Crippen LogP contribution < -0.4 is 5.32 Å². The van der Waals surface area contributed by atoms with Crippen LogP contribution in [0.25, 0.3) is 11.3 Å². The first-order valence-electron chi connectivity index (χ1n) is 7.00. The summed E-state index contributed by atoms with van der Waals surface area (Å²) in [5.74, 6) is 0.838. The van der Waals surface area contributed by atoms with Crippen molar-refractivity contribution >= 4 is 6.09 Å². The minimum atomic E-state index is -0.477. The number of H-pyrrole nitrogens is 1. The van der Waals surface area contributed by atoms with Gasteiger partial charge in [0, 0.05) is 24.7 Å². The monoisotopic (exact) mass is 287 g/mol. The number of amides is 1. The molecule has 0 atom stereocenters. The zero-order valence-electron chi connectivity index (χ0n) is 12.6. The molecule has 21 heavy (non-hydrogen) atoms. The molecule has 1 amide bonds. The summed E-state index contributed by atoms with van der Waals surface area (Å²) in [5, 5.41) is 2.72. The van der Waals surface area contributed by atoms with Crippen LogP contribution in [0, 0.1) is 0 Å². The predicted octanol–water partition coefficient (Wildman–Crippen LogP) is 3.14. The summed E-state index contributed by atoms with van der Waals surface area (Å²) < 4.78 is 5.17. The lowest BCUT2D eigenvalue weighted by Crippen LogP contribution is -2.33. The van der Waals surface area contributed by atoms with Gasteiger partial charge in [0.05, 0.1) is 5.69 Å². The SMILES string of the molecule is CC(C)(C)OC(=O)NCCc1nc(-c2ccccc2)c[nH]1. The molecule has 0 saturated carbocycles. The van der Waals surface area contributed by atoms with Crippen molar-refractivity contribution in [2.45, 2.75) is 32.8 Å². The second kappa shape index (κ2) is 6.43. The van der Waals surface area contributed by atoms with Gasteiger partial charge in [-0.25, -0.2) is 9.78 Å². The Kier molecular flexibility index (Phi) is 4.62. The summed E-state index contributed by atoms with van der Waals surface area (Å²) in [5.41, 5.74) is 1.50. The van der Waals surface area contributed by atoms with Gasteiger partial charge < -0.3 is 15.0 Å². The fraction of sp³-hybridized carbons (Fsp3) is 0.375. The van der Waals surface area contributed by atoms with E-state index in [9.17, 15) is 4.79 Å². The van der Waals surface area contributed by atoms with Crippen LogP contribution in [-0.4, -0.2) is 28.2 Å². The third-order valence-corrected chi connectivity index (χ3v) is 2.73. The van der Waals surface area contributed by atoms with E-state index < -0.39 is 11.7 Å². The van der Waals surface area contributed by atoms with Gasteiger partial charge in [0.2, 0.25) is 0 Å². The van der Waals surface area contributed by atoms with E-state index in [0.29, 0.717) is 13.0 Å². The normalized spacial score (nSPS) is 11.2. The van der Waals surface area contributed by atoms with Gasteiger partial charge in [-0.15, -0.1) is 0 Å². The number of benzene rings is 1. The van der Waals surface area contributed by atoms with Crippen LogP contribution in [0.1, 0.15) is 26.6 Å². The number of aromatic amines is 1. The maximum absolute atomic E-state index is 11.5. The number of rotatable bonds is 4. The maximum atomic E-state index is 11.5. The van der Waals surface area contributed by atoms with Crippen molar-refractivity contribution in [3.05, 3.63) is 42.4 Å². The first-order chi connectivity index (χ1) is 9.94. The summed E-state index contributed by atoms with van der Waals surface area (Å²) in [4.78, 5) is 19.1. The van der Waals surface area contributed by atoms with E-state index in [1.807, 2.05) is 57.3 Å². The van der Waals surface area contributed by atoms with Crippen LogP contribution in [0.4, 0.5) is 4.79 Å². The van der Waals surface area contributed by atoms with E-state index in [1.54, 1.807) is 0 Å². The molecule has 5 heteroatoms. The summed E-state index contributed by atoms with van der Waals surface area (Å²) in [6.45, 7) is 6.00. The lowest BCUT2D eigenvalue weighted by molar-refractivity contribution is 0.0528. The van der Waals surface area contributed by atoms with Crippen LogP contribution in [0.3, 0.4) is 0 Å². The van der Waals surface area contributed by atoms with Gasteiger partial charge in [-0.05, 0) is 20.8 Å². The Morgan fingerprint density at radius 1 is 1.29 bits per heavy atom. The Bertz CT molecular complexity index is 585. The first-order valence-corrected chi connectivity index (χ1v) is 7.00. The highest BCUT2D eigenvalue weighted by molar-refractivity contribution is 5.67. The molecule has 0 unspecified atom stereocenters. The fourth-order valence-corrected chi connectivity index (χ4v) is 1.84. The molecule has 1 aromatic carbocycles. The molecule has 0 aliphatic heterocycles. The van der Waals surface area contributed by atoms with Crippen molar-refractivity contribution in [2.75, 3.05) is 6.54 Å². The molecule has 0 aliphatic carbocycles.